The van der Waals surface area contributed by atoms with Crippen LogP contribution in [0, 0.1) is 0 Å². The van der Waals surface area contributed by atoms with Gasteiger partial charge in [-0.25, -0.2) is 0 Å². The van der Waals surface area contributed by atoms with Crippen molar-refractivity contribution in [2.24, 2.45) is 0 Å². The van der Waals surface area contributed by atoms with Gasteiger partial charge in [0.25, 0.3) is 0 Å². The van der Waals surface area contributed by atoms with Gasteiger partial charge in [-0.15, -0.1) is 0 Å². The van der Waals surface area contributed by atoms with Crippen LogP contribution in [0.2, 0.25) is 5.02 Å². The van der Waals surface area contributed by atoms with Crippen molar-refractivity contribution in [2.75, 3.05) is 7.11 Å². The van der Waals surface area contributed by atoms with Crippen LogP contribution < -0.4 is 4.74 Å². The molecule has 1 N–H and O–H groups in total. The second-order valence-electron chi connectivity index (χ2n) is 3.39. The Bertz CT molecular complexity index is 511. The Morgan fingerprint density at radius 3 is 2.35 bits per heavy atom. The highest BCUT2D eigenvalue weighted by atomic mass is 35.5. The molecule has 0 atom stereocenters. The third-order valence-corrected chi connectivity index (χ3v) is 3.50. The Labute approximate surface area is 109 Å². The number of hydrogen-bond acceptors (Lipinski definition) is 3. The largest absolute Gasteiger partial charge is 0.508 e. The van der Waals surface area contributed by atoms with Crippen LogP contribution in [0.5, 0.6) is 11.5 Å². The number of hydrogen-bond donors (Lipinski definition) is 1. The van der Waals surface area contributed by atoms with Gasteiger partial charge in [-0.2, -0.15) is 0 Å². The molecule has 2 nitrogen and oxygen atoms in total. The fourth-order valence-corrected chi connectivity index (χ4v) is 2.39. The second-order valence-corrected chi connectivity index (χ2v) is 4.95. The summed E-state index contributed by atoms with van der Waals surface area (Å²) in [6.45, 7) is 0. The van der Waals surface area contributed by atoms with Gasteiger partial charge in [-0.3, -0.25) is 0 Å². The summed E-state index contributed by atoms with van der Waals surface area (Å²) < 4.78 is 5.16. The Morgan fingerprint density at radius 2 is 1.71 bits per heavy atom. The van der Waals surface area contributed by atoms with Gasteiger partial charge < -0.3 is 9.84 Å². The van der Waals surface area contributed by atoms with Gasteiger partial charge in [-0.1, -0.05) is 23.4 Å². The molecule has 2 rings (SSSR count). The molecule has 0 aliphatic carbocycles. The maximum Gasteiger partial charge on any atom is 0.138 e. The van der Waals surface area contributed by atoms with E-state index >= 15 is 0 Å². The van der Waals surface area contributed by atoms with E-state index < -0.39 is 0 Å². The molecule has 0 aromatic heterocycles. The maximum absolute atomic E-state index is 9.19. The van der Waals surface area contributed by atoms with E-state index in [0.717, 1.165) is 9.79 Å². The van der Waals surface area contributed by atoms with Crippen molar-refractivity contribution < 1.29 is 9.84 Å². The van der Waals surface area contributed by atoms with Gasteiger partial charge >= 0.3 is 0 Å². The first-order valence-electron chi connectivity index (χ1n) is 4.99. The van der Waals surface area contributed by atoms with E-state index in [1.54, 1.807) is 31.0 Å². The number of phenols is 1. The van der Waals surface area contributed by atoms with E-state index in [9.17, 15) is 5.11 Å². The quantitative estimate of drug-likeness (QED) is 0.903. The molecule has 0 aliphatic rings. The monoisotopic (exact) mass is 266 g/mol. The van der Waals surface area contributed by atoms with Crippen molar-refractivity contribution in [3.63, 3.8) is 0 Å². The van der Waals surface area contributed by atoms with Crippen molar-refractivity contribution in [3.8, 4) is 11.5 Å². The molecule has 0 spiro atoms. The van der Waals surface area contributed by atoms with E-state index in [4.69, 9.17) is 16.3 Å². The third kappa shape index (κ3) is 3.08. The molecule has 88 valence electrons. The Morgan fingerprint density at radius 1 is 1.06 bits per heavy atom. The van der Waals surface area contributed by atoms with Gasteiger partial charge in [0.2, 0.25) is 0 Å². The number of phenolic OH excluding ortho intramolecular Hbond substituents is 1. The van der Waals surface area contributed by atoms with E-state index in [2.05, 4.69) is 0 Å². The highest BCUT2D eigenvalue weighted by Gasteiger charge is 2.03. The number of aromatic hydroxyl groups is 1. The van der Waals surface area contributed by atoms with E-state index in [-0.39, 0.29) is 5.75 Å². The van der Waals surface area contributed by atoms with Crippen molar-refractivity contribution in [1.29, 1.82) is 0 Å². The zero-order chi connectivity index (χ0) is 12.3. The summed E-state index contributed by atoms with van der Waals surface area (Å²) in [5.74, 6) is 0.929. The average Bonchev–Trinajstić information content (AvgIpc) is 2.34. The van der Waals surface area contributed by atoms with Crippen LogP contribution in [0.3, 0.4) is 0 Å². The molecule has 0 bridgehead atoms. The molecule has 4 heteroatoms. The molecule has 17 heavy (non-hydrogen) atoms. The molecule has 0 saturated carbocycles. The van der Waals surface area contributed by atoms with Crippen LogP contribution in [0.4, 0.5) is 0 Å². The summed E-state index contributed by atoms with van der Waals surface area (Å²) in [5.41, 5.74) is 0. The minimum Gasteiger partial charge on any atom is -0.508 e. The van der Waals surface area contributed by atoms with E-state index in [0.29, 0.717) is 10.8 Å². The smallest absolute Gasteiger partial charge is 0.138 e. The van der Waals surface area contributed by atoms with Crippen molar-refractivity contribution in [2.45, 2.75) is 9.79 Å². The Kier molecular flexibility index (Phi) is 3.82. The van der Waals surface area contributed by atoms with Crippen LogP contribution in [0.1, 0.15) is 0 Å². The summed E-state index contributed by atoms with van der Waals surface area (Å²) in [7, 11) is 1.59. The van der Waals surface area contributed by atoms with E-state index in [1.807, 2.05) is 30.3 Å². The van der Waals surface area contributed by atoms with Gasteiger partial charge in [0, 0.05) is 9.79 Å². The molecule has 0 amide bonds. The Hall–Kier alpha value is -1.32. The molecule has 0 heterocycles. The van der Waals surface area contributed by atoms with Crippen molar-refractivity contribution in [1.82, 2.24) is 0 Å². The van der Waals surface area contributed by atoms with Gasteiger partial charge in [0.05, 0.1) is 12.1 Å². The summed E-state index contributed by atoms with van der Waals surface area (Å²) in [6.07, 6.45) is 0. The second kappa shape index (κ2) is 5.34. The van der Waals surface area contributed by atoms with E-state index in [1.165, 1.54) is 0 Å². The lowest BCUT2D eigenvalue weighted by atomic mass is 10.3. The molecule has 0 unspecified atom stereocenters. The summed E-state index contributed by atoms with van der Waals surface area (Å²) in [6, 6.07) is 12.7. The highest BCUT2D eigenvalue weighted by molar-refractivity contribution is 7.99. The van der Waals surface area contributed by atoms with Crippen LogP contribution in [0.25, 0.3) is 0 Å². The average molecular weight is 267 g/mol. The highest BCUT2D eigenvalue weighted by Crippen LogP contribution is 2.34. The van der Waals surface area contributed by atoms with Gasteiger partial charge in [0.15, 0.2) is 0 Å². The summed E-state index contributed by atoms with van der Waals surface area (Å²) in [4.78, 5) is 2.09. The minimum atomic E-state index is 0.267. The SMILES string of the molecule is COc1cc(Sc2ccc(O)cc2)ccc1Cl. The fourth-order valence-electron chi connectivity index (χ4n) is 1.35. The molecular formula is C13H11ClO2S. The van der Waals surface area contributed by atoms with Crippen molar-refractivity contribution in [3.05, 3.63) is 47.5 Å². The lowest BCUT2D eigenvalue weighted by molar-refractivity contribution is 0.414. The number of methoxy groups -OCH3 is 1. The van der Waals surface area contributed by atoms with Crippen molar-refractivity contribution >= 4 is 23.4 Å². The molecular weight excluding hydrogens is 256 g/mol. The van der Waals surface area contributed by atoms with Crippen LogP contribution in [0.15, 0.2) is 52.3 Å². The number of ether oxygens (including phenoxy) is 1. The first-order valence-corrected chi connectivity index (χ1v) is 6.19. The lowest BCUT2D eigenvalue weighted by Gasteiger charge is -2.06. The molecule has 0 radical (unpaired) electrons. The number of rotatable bonds is 3. The van der Waals surface area contributed by atoms with Crippen LogP contribution >= 0.6 is 23.4 Å². The van der Waals surface area contributed by atoms with Crippen LogP contribution in [-0.2, 0) is 0 Å². The predicted octanol–water partition coefficient (Wildman–Crippen LogP) is 4.21. The number of benzene rings is 2. The maximum atomic E-state index is 9.19. The Balaban J connectivity index is 2.21. The normalized spacial score (nSPS) is 10.2. The third-order valence-electron chi connectivity index (χ3n) is 2.20. The topological polar surface area (TPSA) is 29.5 Å². The molecule has 0 fully saturated rings. The number of halogens is 1. The fraction of sp³-hybridized carbons (Fsp3) is 0.0769. The minimum absolute atomic E-state index is 0.267. The first-order chi connectivity index (χ1) is 8.19. The predicted molar refractivity (Wildman–Crippen MR) is 70.2 cm³/mol. The molecule has 0 saturated heterocycles. The standard InChI is InChI=1S/C13H11ClO2S/c1-16-13-8-11(6-7-12(13)14)17-10-4-2-9(15)3-5-10/h2-8,15H,1H3. The molecule has 2 aromatic rings. The van der Waals surface area contributed by atoms with Gasteiger partial charge in [0.1, 0.15) is 11.5 Å². The lowest BCUT2D eigenvalue weighted by Crippen LogP contribution is -1.84. The summed E-state index contributed by atoms with van der Waals surface area (Å²) in [5, 5.41) is 9.79. The first kappa shape index (κ1) is 12.1. The van der Waals surface area contributed by atoms with Crippen LogP contribution in [-0.4, -0.2) is 12.2 Å². The zero-order valence-electron chi connectivity index (χ0n) is 9.18. The molecule has 2 aromatic carbocycles. The molecule has 0 aliphatic heterocycles. The van der Waals surface area contributed by atoms with Gasteiger partial charge in [-0.05, 0) is 42.5 Å². The zero-order valence-corrected chi connectivity index (χ0v) is 10.8. The summed E-state index contributed by atoms with van der Waals surface area (Å²) >= 11 is 7.54.